The summed E-state index contributed by atoms with van der Waals surface area (Å²) in [5.74, 6) is 0.256. The predicted molar refractivity (Wildman–Crippen MR) is 81.7 cm³/mol. The van der Waals surface area contributed by atoms with E-state index in [1.807, 2.05) is 45.0 Å². The zero-order valence-corrected chi connectivity index (χ0v) is 12.5. The molecule has 110 valence electrons. The first kappa shape index (κ1) is 15.0. The Morgan fingerprint density at radius 2 is 2.00 bits per heavy atom. The molecule has 5 nitrogen and oxygen atoms in total. The Balaban J connectivity index is 2.32. The van der Waals surface area contributed by atoms with Crippen molar-refractivity contribution in [3.05, 3.63) is 47.9 Å². The third-order valence-corrected chi connectivity index (χ3v) is 3.12. The van der Waals surface area contributed by atoms with Crippen molar-refractivity contribution < 1.29 is 9.53 Å². The first-order valence-corrected chi connectivity index (χ1v) is 6.99. The van der Waals surface area contributed by atoms with Crippen LogP contribution in [0.25, 0.3) is 0 Å². The monoisotopic (exact) mass is 285 g/mol. The molecule has 0 saturated heterocycles. The predicted octanol–water partition coefficient (Wildman–Crippen LogP) is 2.85. The quantitative estimate of drug-likeness (QED) is 0.847. The molecule has 1 aromatic carbocycles. The number of nitrogens with zero attached hydrogens (tertiary/aromatic N) is 3. The number of rotatable bonds is 5. The van der Waals surface area contributed by atoms with Gasteiger partial charge in [-0.25, -0.2) is 9.97 Å². The van der Waals surface area contributed by atoms with Crippen molar-refractivity contribution in [2.24, 2.45) is 0 Å². The van der Waals surface area contributed by atoms with Crippen LogP contribution in [0, 0.1) is 6.92 Å². The molecule has 0 saturated carbocycles. The first-order chi connectivity index (χ1) is 10.2. The highest BCUT2D eigenvalue weighted by Crippen LogP contribution is 2.21. The summed E-state index contributed by atoms with van der Waals surface area (Å²) in [6.45, 7) is 6.86. The van der Waals surface area contributed by atoms with Gasteiger partial charge in [0.05, 0.1) is 6.61 Å². The molecule has 0 radical (unpaired) electrons. The molecule has 1 amide bonds. The molecule has 0 aliphatic rings. The minimum Gasteiger partial charge on any atom is -0.478 e. The molecule has 5 heteroatoms. The number of amides is 1. The van der Waals surface area contributed by atoms with Crippen LogP contribution in [0.15, 0.2) is 36.7 Å². The molecule has 2 aromatic rings. The van der Waals surface area contributed by atoms with Crippen molar-refractivity contribution in [2.45, 2.75) is 20.8 Å². The molecule has 2 rings (SSSR count). The number of carbonyl (C=O) groups excluding carboxylic acids is 1. The number of hydrogen-bond donors (Lipinski definition) is 0. The number of hydrogen-bond acceptors (Lipinski definition) is 4. The highest BCUT2D eigenvalue weighted by Gasteiger charge is 2.19. The van der Waals surface area contributed by atoms with Crippen LogP contribution in [0.2, 0.25) is 0 Å². The highest BCUT2D eigenvalue weighted by atomic mass is 16.5. The largest absolute Gasteiger partial charge is 0.478 e. The SMILES string of the molecule is CCOc1cc(C(=O)N(CC)c2ccccc2C)ncn1. The van der Waals surface area contributed by atoms with Crippen molar-refractivity contribution in [3.63, 3.8) is 0 Å². The maximum Gasteiger partial charge on any atom is 0.277 e. The summed E-state index contributed by atoms with van der Waals surface area (Å²) in [4.78, 5) is 22.4. The third-order valence-electron chi connectivity index (χ3n) is 3.12. The van der Waals surface area contributed by atoms with Gasteiger partial charge in [-0.15, -0.1) is 0 Å². The number of aryl methyl sites for hydroxylation is 1. The minimum absolute atomic E-state index is 0.157. The lowest BCUT2D eigenvalue weighted by atomic mass is 10.1. The maximum atomic E-state index is 12.7. The van der Waals surface area contributed by atoms with Crippen LogP contribution < -0.4 is 9.64 Å². The molecule has 0 aliphatic carbocycles. The Hall–Kier alpha value is -2.43. The molecule has 1 heterocycles. The number of para-hydroxylation sites is 1. The second kappa shape index (κ2) is 6.83. The molecule has 0 unspecified atom stereocenters. The molecule has 1 aromatic heterocycles. The fourth-order valence-corrected chi connectivity index (χ4v) is 2.11. The van der Waals surface area contributed by atoms with E-state index >= 15 is 0 Å². The molecular formula is C16H19N3O2. The summed E-state index contributed by atoms with van der Waals surface area (Å²) in [6.07, 6.45) is 1.35. The average Bonchev–Trinajstić information content (AvgIpc) is 2.50. The number of anilines is 1. The van der Waals surface area contributed by atoms with Gasteiger partial charge in [-0.1, -0.05) is 18.2 Å². The van der Waals surface area contributed by atoms with E-state index in [1.165, 1.54) is 6.33 Å². The Morgan fingerprint density at radius 3 is 2.67 bits per heavy atom. The Kier molecular flexibility index (Phi) is 4.87. The second-order valence-electron chi connectivity index (χ2n) is 4.51. The van der Waals surface area contributed by atoms with E-state index < -0.39 is 0 Å². The molecule has 0 bridgehead atoms. The number of ether oxygens (including phenoxy) is 1. The number of aromatic nitrogens is 2. The highest BCUT2D eigenvalue weighted by molar-refractivity contribution is 6.05. The van der Waals surface area contributed by atoms with Crippen molar-refractivity contribution >= 4 is 11.6 Å². The van der Waals surface area contributed by atoms with E-state index in [4.69, 9.17) is 4.74 Å². The minimum atomic E-state index is -0.157. The number of carbonyl (C=O) groups is 1. The molecule has 0 fully saturated rings. The maximum absolute atomic E-state index is 12.7. The van der Waals surface area contributed by atoms with Gasteiger partial charge in [0, 0.05) is 18.3 Å². The lowest BCUT2D eigenvalue weighted by Gasteiger charge is -2.22. The average molecular weight is 285 g/mol. The van der Waals surface area contributed by atoms with Gasteiger partial charge in [0.25, 0.3) is 5.91 Å². The molecule has 0 N–H and O–H groups in total. The fourth-order valence-electron chi connectivity index (χ4n) is 2.11. The summed E-state index contributed by atoms with van der Waals surface area (Å²) >= 11 is 0. The lowest BCUT2D eigenvalue weighted by molar-refractivity contribution is 0.0982. The van der Waals surface area contributed by atoms with Crippen molar-refractivity contribution in [3.8, 4) is 5.88 Å². The normalized spacial score (nSPS) is 10.2. The first-order valence-electron chi connectivity index (χ1n) is 6.99. The third kappa shape index (κ3) is 3.37. The standard InChI is InChI=1S/C16H19N3O2/c1-4-19(14-9-7-6-8-12(14)3)16(20)13-10-15(21-5-2)18-11-17-13/h6-11H,4-5H2,1-3H3. The lowest BCUT2D eigenvalue weighted by Crippen LogP contribution is -2.32. The van der Waals surface area contributed by atoms with Crippen LogP contribution in [0.3, 0.4) is 0 Å². The van der Waals surface area contributed by atoms with Crippen molar-refractivity contribution in [2.75, 3.05) is 18.1 Å². The van der Waals surface area contributed by atoms with Crippen LogP contribution in [-0.4, -0.2) is 29.0 Å². The smallest absolute Gasteiger partial charge is 0.277 e. The van der Waals surface area contributed by atoms with E-state index in [0.29, 0.717) is 24.7 Å². The van der Waals surface area contributed by atoms with Crippen LogP contribution in [0.5, 0.6) is 5.88 Å². The van der Waals surface area contributed by atoms with Crippen LogP contribution in [0.1, 0.15) is 29.9 Å². The van der Waals surface area contributed by atoms with Gasteiger partial charge in [0.15, 0.2) is 0 Å². The summed E-state index contributed by atoms with van der Waals surface area (Å²) in [5.41, 5.74) is 2.27. The topological polar surface area (TPSA) is 55.3 Å². The van der Waals surface area contributed by atoms with Crippen LogP contribution in [-0.2, 0) is 0 Å². The second-order valence-corrected chi connectivity index (χ2v) is 4.51. The molecule has 0 atom stereocenters. The van der Waals surface area contributed by atoms with Gasteiger partial charge < -0.3 is 9.64 Å². The van der Waals surface area contributed by atoms with Crippen LogP contribution in [0.4, 0.5) is 5.69 Å². The summed E-state index contributed by atoms with van der Waals surface area (Å²) < 4.78 is 5.32. The summed E-state index contributed by atoms with van der Waals surface area (Å²) in [7, 11) is 0. The van der Waals surface area contributed by atoms with Gasteiger partial charge in [-0.3, -0.25) is 4.79 Å². The molecule has 0 spiro atoms. The molecule has 0 aliphatic heterocycles. The number of benzene rings is 1. The van der Waals surface area contributed by atoms with Gasteiger partial charge in [-0.2, -0.15) is 0 Å². The van der Waals surface area contributed by atoms with Crippen molar-refractivity contribution in [1.29, 1.82) is 0 Å². The summed E-state index contributed by atoms with van der Waals surface area (Å²) in [6, 6.07) is 9.37. The van der Waals surface area contributed by atoms with Gasteiger partial charge >= 0.3 is 0 Å². The zero-order valence-electron chi connectivity index (χ0n) is 12.5. The Morgan fingerprint density at radius 1 is 1.24 bits per heavy atom. The Bertz CT molecular complexity index is 628. The van der Waals surface area contributed by atoms with Crippen molar-refractivity contribution in [1.82, 2.24) is 9.97 Å². The zero-order chi connectivity index (χ0) is 15.2. The van der Waals surface area contributed by atoms with E-state index in [1.54, 1.807) is 11.0 Å². The van der Waals surface area contributed by atoms with Crippen LogP contribution >= 0.6 is 0 Å². The van der Waals surface area contributed by atoms with E-state index in [-0.39, 0.29) is 5.91 Å². The molecule has 21 heavy (non-hydrogen) atoms. The molecular weight excluding hydrogens is 266 g/mol. The van der Waals surface area contributed by atoms with Gasteiger partial charge in [-0.05, 0) is 32.4 Å². The van der Waals surface area contributed by atoms with E-state index in [2.05, 4.69) is 9.97 Å². The summed E-state index contributed by atoms with van der Waals surface area (Å²) in [5, 5.41) is 0. The Labute approximate surface area is 124 Å². The van der Waals surface area contributed by atoms with E-state index in [9.17, 15) is 4.79 Å². The van der Waals surface area contributed by atoms with Gasteiger partial charge in [0.2, 0.25) is 5.88 Å². The van der Waals surface area contributed by atoms with E-state index in [0.717, 1.165) is 11.3 Å². The van der Waals surface area contributed by atoms with Gasteiger partial charge in [0.1, 0.15) is 12.0 Å². The fraction of sp³-hybridized carbons (Fsp3) is 0.312.